The number of hydrogen-bond donors (Lipinski definition) is 1. The third-order valence-electron chi connectivity index (χ3n) is 3.08. The van der Waals surface area contributed by atoms with E-state index in [1.54, 1.807) is 22.8 Å². The molecule has 0 spiro atoms. The minimum absolute atomic E-state index is 0.271. The molecule has 102 valence electrons. The molecule has 0 saturated heterocycles. The summed E-state index contributed by atoms with van der Waals surface area (Å²) in [6.07, 6.45) is 0. The average Bonchev–Trinajstić information content (AvgIpc) is 2.77. The van der Waals surface area contributed by atoms with E-state index in [1.807, 2.05) is 18.2 Å². The summed E-state index contributed by atoms with van der Waals surface area (Å²) in [6, 6.07) is 13.4. The van der Waals surface area contributed by atoms with E-state index in [0.717, 1.165) is 11.2 Å². The molecular formula is C15H13FN2O2. The molecule has 0 aliphatic carbocycles. The van der Waals surface area contributed by atoms with Crippen LogP contribution in [0.4, 0.5) is 10.1 Å². The molecule has 5 heteroatoms. The minimum Gasteiger partial charge on any atom is -0.408 e. The Kier molecular flexibility index (Phi) is 3.25. The molecule has 1 aromatic heterocycles. The van der Waals surface area contributed by atoms with E-state index in [9.17, 15) is 9.18 Å². The second-order valence-corrected chi connectivity index (χ2v) is 4.42. The van der Waals surface area contributed by atoms with Crippen LogP contribution >= 0.6 is 0 Å². The van der Waals surface area contributed by atoms with Crippen LogP contribution in [0.5, 0.6) is 0 Å². The molecule has 0 fully saturated rings. The summed E-state index contributed by atoms with van der Waals surface area (Å²) in [6.45, 7) is 1.03. The Labute approximate surface area is 114 Å². The predicted molar refractivity (Wildman–Crippen MR) is 75.4 cm³/mol. The Bertz CT molecular complexity index is 774. The van der Waals surface area contributed by atoms with Gasteiger partial charge in [0.1, 0.15) is 5.82 Å². The smallest absolute Gasteiger partial charge is 0.408 e. The van der Waals surface area contributed by atoms with Crippen LogP contribution in [0.15, 0.2) is 57.7 Å². The molecule has 20 heavy (non-hydrogen) atoms. The first-order valence-corrected chi connectivity index (χ1v) is 6.32. The first kappa shape index (κ1) is 12.5. The van der Waals surface area contributed by atoms with Crippen molar-refractivity contribution < 1.29 is 8.81 Å². The van der Waals surface area contributed by atoms with Crippen LogP contribution < -0.4 is 11.1 Å². The van der Waals surface area contributed by atoms with Gasteiger partial charge in [0, 0.05) is 18.8 Å². The Hall–Kier alpha value is -2.56. The monoisotopic (exact) mass is 272 g/mol. The third-order valence-corrected chi connectivity index (χ3v) is 3.08. The van der Waals surface area contributed by atoms with Crippen molar-refractivity contribution in [3.8, 4) is 0 Å². The summed E-state index contributed by atoms with van der Waals surface area (Å²) in [4.78, 5) is 11.7. The van der Waals surface area contributed by atoms with E-state index in [1.165, 1.54) is 12.1 Å². The Morgan fingerprint density at radius 3 is 2.65 bits per heavy atom. The number of anilines is 1. The second-order valence-electron chi connectivity index (χ2n) is 4.42. The molecule has 3 aromatic rings. The van der Waals surface area contributed by atoms with Gasteiger partial charge >= 0.3 is 5.76 Å². The molecule has 0 radical (unpaired) electrons. The van der Waals surface area contributed by atoms with Crippen molar-refractivity contribution in [3.63, 3.8) is 0 Å². The maximum absolute atomic E-state index is 12.8. The molecule has 3 rings (SSSR count). The molecule has 0 unspecified atom stereocenters. The maximum atomic E-state index is 12.8. The summed E-state index contributed by atoms with van der Waals surface area (Å²) in [7, 11) is 0. The van der Waals surface area contributed by atoms with Gasteiger partial charge in [0.05, 0.1) is 5.52 Å². The Morgan fingerprint density at radius 1 is 1.10 bits per heavy atom. The van der Waals surface area contributed by atoms with E-state index in [4.69, 9.17) is 4.42 Å². The quantitative estimate of drug-likeness (QED) is 0.794. The van der Waals surface area contributed by atoms with Crippen molar-refractivity contribution in [2.75, 3.05) is 11.9 Å². The number of nitrogens with zero attached hydrogens (tertiary/aromatic N) is 1. The minimum atomic E-state index is -0.368. The zero-order chi connectivity index (χ0) is 13.9. The van der Waals surface area contributed by atoms with Gasteiger partial charge in [-0.25, -0.2) is 9.18 Å². The van der Waals surface area contributed by atoms with E-state index in [2.05, 4.69) is 5.32 Å². The maximum Gasteiger partial charge on any atom is 0.420 e. The molecule has 1 heterocycles. The lowest BCUT2D eigenvalue weighted by molar-refractivity contribution is 0.510. The SMILES string of the molecule is O=c1oc2ccccc2n1CCNc1ccc(F)cc1. The second kappa shape index (κ2) is 5.21. The summed E-state index contributed by atoms with van der Waals surface area (Å²) < 4.78 is 19.5. The van der Waals surface area contributed by atoms with Crippen LogP contribution in [0.25, 0.3) is 11.1 Å². The predicted octanol–water partition coefficient (Wildman–Crippen LogP) is 2.85. The number of fused-ring (bicyclic) bond motifs is 1. The van der Waals surface area contributed by atoms with Crippen molar-refractivity contribution in [1.82, 2.24) is 4.57 Å². The number of aromatic nitrogens is 1. The molecule has 0 saturated carbocycles. The highest BCUT2D eigenvalue weighted by Crippen LogP contribution is 2.12. The van der Waals surface area contributed by atoms with Gasteiger partial charge in [-0.05, 0) is 36.4 Å². The van der Waals surface area contributed by atoms with Crippen LogP contribution in [0.2, 0.25) is 0 Å². The van der Waals surface area contributed by atoms with Crippen molar-refractivity contribution >= 4 is 16.8 Å². The number of oxazole rings is 1. The van der Waals surface area contributed by atoms with Crippen molar-refractivity contribution in [2.45, 2.75) is 6.54 Å². The van der Waals surface area contributed by atoms with Crippen LogP contribution in [-0.2, 0) is 6.54 Å². The molecule has 0 bridgehead atoms. The molecule has 4 nitrogen and oxygen atoms in total. The third kappa shape index (κ3) is 2.42. The zero-order valence-electron chi connectivity index (χ0n) is 10.7. The molecule has 0 amide bonds. The highest BCUT2D eigenvalue weighted by molar-refractivity contribution is 5.72. The van der Waals surface area contributed by atoms with Crippen LogP contribution in [-0.4, -0.2) is 11.1 Å². The highest BCUT2D eigenvalue weighted by Gasteiger charge is 2.07. The van der Waals surface area contributed by atoms with Gasteiger partial charge in [-0.1, -0.05) is 12.1 Å². The van der Waals surface area contributed by atoms with Gasteiger partial charge in [-0.3, -0.25) is 4.57 Å². The van der Waals surface area contributed by atoms with Gasteiger partial charge in [0.15, 0.2) is 5.58 Å². The summed E-state index contributed by atoms with van der Waals surface area (Å²) in [5.41, 5.74) is 2.17. The molecule has 2 aromatic carbocycles. The lowest BCUT2D eigenvalue weighted by Crippen LogP contribution is -2.19. The molecule has 1 N–H and O–H groups in total. The van der Waals surface area contributed by atoms with Crippen molar-refractivity contribution in [3.05, 3.63) is 64.9 Å². The topological polar surface area (TPSA) is 47.2 Å². The first-order valence-electron chi connectivity index (χ1n) is 6.32. The summed E-state index contributed by atoms with van der Waals surface area (Å²) >= 11 is 0. The highest BCUT2D eigenvalue weighted by atomic mass is 19.1. The molecular weight excluding hydrogens is 259 g/mol. The molecule has 0 atom stereocenters. The Morgan fingerprint density at radius 2 is 1.85 bits per heavy atom. The number of rotatable bonds is 4. The van der Waals surface area contributed by atoms with Crippen molar-refractivity contribution in [1.29, 1.82) is 0 Å². The Balaban J connectivity index is 1.72. The molecule has 0 aliphatic heterocycles. The fourth-order valence-electron chi connectivity index (χ4n) is 2.11. The van der Waals surface area contributed by atoms with Gasteiger partial charge in [0.2, 0.25) is 0 Å². The number of benzene rings is 2. The number of nitrogens with one attached hydrogen (secondary N) is 1. The fourth-order valence-corrected chi connectivity index (χ4v) is 2.11. The zero-order valence-corrected chi connectivity index (χ0v) is 10.7. The van der Waals surface area contributed by atoms with E-state index in [0.29, 0.717) is 18.7 Å². The largest absolute Gasteiger partial charge is 0.420 e. The van der Waals surface area contributed by atoms with Crippen LogP contribution in [0.3, 0.4) is 0 Å². The number of halogens is 1. The average molecular weight is 272 g/mol. The van der Waals surface area contributed by atoms with Crippen LogP contribution in [0, 0.1) is 5.82 Å². The van der Waals surface area contributed by atoms with Gasteiger partial charge in [-0.15, -0.1) is 0 Å². The van der Waals surface area contributed by atoms with Gasteiger partial charge in [0.25, 0.3) is 0 Å². The summed E-state index contributed by atoms with van der Waals surface area (Å²) in [5, 5.41) is 3.13. The van der Waals surface area contributed by atoms with E-state index >= 15 is 0 Å². The number of hydrogen-bond acceptors (Lipinski definition) is 3. The summed E-state index contributed by atoms with van der Waals surface area (Å²) in [5.74, 6) is -0.639. The fraction of sp³-hybridized carbons (Fsp3) is 0.133. The van der Waals surface area contributed by atoms with E-state index < -0.39 is 0 Å². The van der Waals surface area contributed by atoms with Crippen LogP contribution in [0.1, 0.15) is 0 Å². The molecule has 0 aliphatic rings. The lowest BCUT2D eigenvalue weighted by Gasteiger charge is -2.06. The van der Waals surface area contributed by atoms with Gasteiger partial charge in [-0.2, -0.15) is 0 Å². The standard InChI is InChI=1S/C15H13FN2O2/c16-11-5-7-12(8-6-11)17-9-10-18-13-3-1-2-4-14(13)20-15(18)19/h1-8,17H,9-10H2. The lowest BCUT2D eigenvalue weighted by atomic mass is 10.3. The normalized spacial score (nSPS) is 10.8. The van der Waals surface area contributed by atoms with E-state index in [-0.39, 0.29) is 11.6 Å². The first-order chi connectivity index (χ1) is 9.74. The number of para-hydroxylation sites is 2. The van der Waals surface area contributed by atoms with Crippen molar-refractivity contribution in [2.24, 2.45) is 0 Å². The van der Waals surface area contributed by atoms with Gasteiger partial charge < -0.3 is 9.73 Å².